The Labute approximate surface area is 120 Å². The molecule has 1 aromatic heterocycles. The first-order valence-corrected chi connectivity index (χ1v) is 7.27. The van der Waals surface area contributed by atoms with Crippen LogP contribution in [0.2, 0.25) is 0 Å². The van der Waals surface area contributed by atoms with E-state index in [0.717, 1.165) is 12.1 Å². The third-order valence-electron chi connectivity index (χ3n) is 2.69. The van der Waals surface area contributed by atoms with Crippen molar-refractivity contribution in [2.24, 2.45) is 0 Å². The summed E-state index contributed by atoms with van der Waals surface area (Å²) in [4.78, 5) is 14.3. The average molecular weight is 310 g/mol. The molecular weight excluding hydrogens is 299 g/mol. The quantitative estimate of drug-likeness (QED) is 0.900. The zero-order chi connectivity index (χ0) is 15.6. The molecule has 0 saturated carbocycles. The third kappa shape index (κ3) is 3.16. The maximum atomic E-state index is 13.2. The number of halogens is 1. The minimum atomic E-state index is -4.12. The highest BCUT2D eigenvalue weighted by molar-refractivity contribution is 7.92. The van der Waals surface area contributed by atoms with Gasteiger partial charge in [-0.2, -0.15) is 0 Å². The first-order chi connectivity index (χ1) is 9.81. The van der Waals surface area contributed by atoms with E-state index in [-0.39, 0.29) is 10.6 Å². The van der Waals surface area contributed by atoms with Crippen molar-refractivity contribution in [1.82, 2.24) is 4.98 Å². The summed E-state index contributed by atoms with van der Waals surface area (Å²) >= 11 is 0. The number of aromatic carboxylic acids is 1. The first-order valence-electron chi connectivity index (χ1n) is 5.78. The Hall–Kier alpha value is -2.48. The highest BCUT2D eigenvalue weighted by atomic mass is 32.2. The molecule has 0 radical (unpaired) electrons. The number of pyridine rings is 1. The second-order valence-electron chi connectivity index (χ2n) is 4.22. The number of rotatable bonds is 4. The second kappa shape index (κ2) is 5.49. The Morgan fingerprint density at radius 3 is 2.71 bits per heavy atom. The van der Waals surface area contributed by atoms with Gasteiger partial charge in [0.15, 0.2) is 5.69 Å². The van der Waals surface area contributed by atoms with Crippen molar-refractivity contribution in [3.05, 3.63) is 53.6 Å². The molecule has 0 unspecified atom stereocenters. The normalized spacial score (nSPS) is 11.1. The van der Waals surface area contributed by atoms with Crippen molar-refractivity contribution >= 4 is 21.7 Å². The molecular formula is C13H11FN2O4S. The third-order valence-corrected chi connectivity index (χ3v) is 4.20. The van der Waals surface area contributed by atoms with E-state index < -0.39 is 27.5 Å². The minimum Gasteiger partial charge on any atom is -0.476 e. The van der Waals surface area contributed by atoms with Crippen molar-refractivity contribution in [3.63, 3.8) is 0 Å². The van der Waals surface area contributed by atoms with Gasteiger partial charge in [-0.15, -0.1) is 0 Å². The molecule has 0 fully saturated rings. The molecule has 21 heavy (non-hydrogen) atoms. The van der Waals surface area contributed by atoms with Crippen LogP contribution in [0, 0.1) is 12.7 Å². The number of benzene rings is 1. The summed E-state index contributed by atoms with van der Waals surface area (Å²) < 4.78 is 39.8. The number of hydrogen-bond donors (Lipinski definition) is 2. The molecule has 0 aliphatic carbocycles. The molecule has 2 aromatic rings. The van der Waals surface area contributed by atoms with Crippen LogP contribution >= 0.6 is 0 Å². The van der Waals surface area contributed by atoms with Gasteiger partial charge in [-0.3, -0.25) is 4.72 Å². The van der Waals surface area contributed by atoms with Gasteiger partial charge in [0.2, 0.25) is 0 Å². The van der Waals surface area contributed by atoms with Crippen LogP contribution in [-0.4, -0.2) is 24.5 Å². The Morgan fingerprint density at radius 2 is 2.05 bits per heavy atom. The van der Waals surface area contributed by atoms with Gasteiger partial charge in [0.25, 0.3) is 10.0 Å². The highest BCUT2D eigenvalue weighted by Gasteiger charge is 2.21. The molecule has 8 heteroatoms. The lowest BCUT2D eigenvalue weighted by Gasteiger charge is -2.11. The van der Waals surface area contributed by atoms with Crippen LogP contribution in [0.3, 0.4) is 0 Å². The molecule has 6 nitrogen and oxygen atoms in total. The summed E-state index contributed by atoms with van der Waals surface area (Å²) in [6, 6.07) is 5.99. The summed E-state index contributed by atoms with van der Waals surface area (Å²) in [6.45, 7) is 1.51. The number of hydrogen-bond acceptors (Lipinski definition) is 4. The smallest absolute Gasteiger partial charge is 0.356 e. The molecule has 110 valence electrons. The van der Waals surface area contributed by atoms with Crippen LogP contribution in [0.5, 0.6) is 0 Å². The van der Waals surface area contributed by atoms with Crippen LogP contribution in [0.4, 0.5) is 10.1 Å². The molecule has 2 N–H and O–H groups in total. The predicted octanol–water partition coefficient (Wildman–Crippen LogP) is 2.03. The number of nitrogens with zero attached hydrogens (tertiary/aromatic N) is 1. The van der Waals surface area contributed by atoms with Gasteiger partial charge in [0, 0.05) is 6.20 Å². The van der Waals surface area contributed by atoms with E-state index in [1.807, 2.05) is 0 Å². The van der Waals surface area contributed by atoms with Crippen molar-refractivity contribution < 1.29 is 22.7 Å². The minimum absolute atomic E-state index is 0.186. The number of aryl methyl sites for hydroxylation is 1. The van der Waals surface area contributed by atoms with E-state index >= 15 is 0 Å². The molecule has 0 amide bonds. The number of carboxylic acid groups (broad SMARTS) is 1. The lowest BCUT2D eigenvalue weighted by atomic mass is 10.2. The molecule has 1 aromatic carbocycles. The number of aromatic nitrogens is 1. The van der Waals surface area contributed by atoms with E-state index in [1.165, 1.54) is 31.3 Å². The fourth-order valence-corrected chi connectivity index (χ4v) is 3.05. The Balaban J connectivity index is 2.48. The number of nitrogens with one attached hydrogen (secondary N) is 1. The topological polar surface area (TPSA) is 96.4 Å². The lowest BCUT2D eigenvalue weighted by molar-refractivity contribution is 0.0692. The largest absolute Gasteiger partial charge is 0.476 e. The molecule has 0 aliphatic heterocycles. The number of carbonyl (C=O) groups is 1. The second-order valence-corrected chi connectivity index (χ2v) is 5.87. The fourth-order valence-electron chi connectivity index (χ4n) is 1.72. The van der Waals surface area contributed by atoms with E-state index in [9.17, 15) is 17.6 Å². The Kier molecular flexibility index (Phi) is 3.90. The van der Waals surface area contributed by atoms with Crippen LogP contribution in [0.15, 0.2) is 41.4 Å². The number of anilines is 1. The number of carboxylic acids is 1. The van der Waals surface area contributed by atoms with Gasteiger partial charge in [0.05, 0.1) is 10.6 Å². The van der Waals surface area contributed by atoms with Crippen LogP contribution in [0.1, 0.15) is 16.1 Å². The van der Waals surface area contributed by atoms with E-state index in [2.05, 4.69) is 9.71 Å². The van der Waals surface area contributed by atoms with Gasteiger partial charge in [-0.25, -0.2) is 22.6 Å². The van der Waals surface area contributed by atoms with Gasteiger partial charge in [0.1, 0.15) is 5.82 Å². The summed E-state index contributed by atoms with van der Waals surface area (Å²) in [5, 5.41) is 8.97. The van der Waals surface area contributed by atoms with Crippen molar-refractivity contribution in [3.8, 4) is 0 Å². The molecule has 0 spiro atoms. The van der Waals surface area contributed by atoms with Gasteiger partial charge in [-0.05, 0) is 36.8 Å². The van der Waals surface area contributed by atoms with Gasteiger partial charge >= 0.3 is 5.97 Å². The summed E-state index contributed by atoms with van der Waals surface area (Å²) in [6.07, 6.45) is 1.23. The predicted molar refractivity (Wildman–Crippen MR) is 73.1 cm³/mol. The molecule has 0 saturated heterocycles. The number of sulfonamides is 1. The maximum Gasteiger partial charge on any atom is 0.356 e. The van der Waals surface area contributed by atoms with E-state index in [0.29, 0.717) is 5.56 Å². The highest BCUT2D eigenvalue weighted by Crippen LogP contribution is 2.21. The summed E-state index contributed by atoms with van der Waals surface area (Å²) in [7, 11) is -4.12. The Morgan fingerprint density at radius 1 is 1.33 bits per heavy atom. The van der Waals surface area contributed by atoms with Crippen LogP contribution in [-0.2, 0) is 10.0 Å². The standard InChI is InChI=1S/C13H11FN2O4S/c1-8-4-5-9(14)7-11(8)21(19,20)16-10-3-2-6-15-12(10)13(17)18/h2-7,16H,1H3,(H,17,18). The van der Waals surface area contributed by atoms with Crippen molar-refractivity contribution in [2.45, 2.75) is 11.8 Å². The fraction of sp³-hybridized carbons (Fsp3) is 0.0769. The van der Waals surface area contributed by atoms with Crippen molar-refractivity contribution in [1.29, 1.82) is 0 Å². The molecule has 0 atom stereocenters. The Bertz CT molecular complexity index is 806. The molecule has 0 bridgehead atoms. The average Bonchev–Trinajstić information content (AvgIpc) is 2.41. The zero-order valence-corrected chi connectivity index (χ0v) is 11.7. The SMILES string of the molecule is Cc1ccc(F)cc1S(=O)(=O)Nc1cccnc1C(=O)O. The van der Waals surface area contributed by atoms with Crippen LogP contribution in [0.25, 0.3) is 0 Å². The monoisotopic (exact) mass is 310 g/mol. The summed E-state index contributed by atoms with van der Waals surface area (Å²) in [5.74, 6) is -2.07. The zero-order valence-electron chi connectivity index (χ0n) is 10.9. The van der Waals surface area contributed by atoms with E-state index in [4.69, 9.17) is 5.11 Å². The molecule has 0 aliphatic rings. The van der Waals surface area contributed by atoms with Crippen molar-refractivity contribution in [2.75, 3.05) is 4.72 Å². The van der Waals surface area contributed by atoms with E-state index in [1.54, 1.807) is 0 Å². The van der Waals surface area contributed by atoms with Gasteiger partial charge in [-0.1, -0.05) is 6.07 Å². The maximum absolute atomic E-state index is 13.2. The summed E-state index contributed by atoms with van der Waals surface area (Å²) in [5.41, 5.74) is -0.284. The lowest BCUT2D eigenvalue weighted by Crippen LogP contribution is -2.17. The first kappa shape index (κ1) is 14.9. The van der Waals surface area contributed by atoms with Gasteiger partial charge < -0.3 is 5.11 Å². The molecule has 1 heterocycles. The van der Waals surface area contributed by atoms with Crippen LogP contribution < -0.4 is 4.72 Å². The molecule has 2 rings (SSSR count).